The van der Waals surface area contributed by atoms with Crippen LogP contribution in [0.25, 0.3) is 11.5 Å². The van der Waals surface area contributed by atoms with E-state index >= 15 is 0 Å². The molecule has 1 atom stereocenters. The van der Waals surface area contributed by atoms with Crippen LogP contribution in [0.2, 0.25) is 0 Å². The van der Waals surface area contributed by atoms with Crippen molar-refractivity contribution < 1.29 is 4.42 Å². The summed E-state index contributed by atoms with van der Waals surface area (Å²) in [4.78, 5) is 5.72. The summed E-state index contributed by atoms with van der Waals surface area (Å²) >= 11 is 0. The number of nitrogens with zero attached hydrogens (tertiary/aromatic N) is 3. The van der Waals surface area contributed by atoms with E-state index in [1.54, 1.807) is 0 Å². The number of nitrogens with one attached hydrogen (secondary N) is 1. The van der Waals surface area contributed by atoms with Gasteiger partial charge in [-0.3, -0.25) is 4.90 Å². The predicted molar refractivity (Wildman–Crippen MR) is 87.6 cm³/mol. The van der Waals surface area contributed by atoms with Crippen molar-refractivity contribution in [1.29, 1.82) is 0 Å². The quantitative estimate of drug-likeness (QED) is 0.798. The summed E-state index contributed by atoms with van der Waals surface area (Å²) < 4.78 is 5.86. The zero-order valence-electron chi connectivity index (χ0n) is 13.2. The summed E-state index contributed by atoms with van der Waals surface area (Å²) in [5.74, 6) is 1.27. The molecule has 5 heteroatoms. The lowest BCUT2D eigenvalue weighted by atomic mass is 10.1. The highest BCUT2D eigenvalue weighted by molar-refractivity contribution is 5.52. The SMILES string of the molecule is Cc1ccc(-c2nnc(CN3CCC[C@@H]3c3ccc[nH]3)o2)cc1. The Morgan fingerprint density at radius 1 is 1.22 bits per heavy atom. The topological polar surface area (TPSA) is 58.0 Å². The highest BCUT2D eigenvalue weighted by Gasteiger charge is 2.28. The van der Waals surface area contributed by atoms with Crippen LogP contribution in [-0.4, -0.2) is 26.6 Å². The molecule has 0 unspecified atom stereocenters. The van der Waals surface area contributed by atoms with Gasteiger partial charge in [-0.25, -0.2) is 0 Å². The minimum absolute atomic E-state index is 0.416. The molecule has 0 aliphatic carbocycles. The summed E-state index contributed by atoms with van der Waals surface area (Å²) in [6.07, 6.45) is 4.34. The molecule has 0 spiro atoms. The van der Waals surface area contributed by atoms with Gasteiger partial charge in [0.2, 0.25) is 11.8 Å². The van der Waals surface area contributed by atoms with E-state index in [9.17, 15) is 0 Å². The highest BCUT2D eigenvalue weighted by Crippen LogP contribution is 2.32. The van der Waals surface area contributed by atoms with Crippen LogP contribution in [0.3, 0.4) is 0 Å². The van der Waals surface area contributed by atoms with Gasteiger partial charge in [0.15, 0.2) is 0 Å². The van der Waals surface area contributed by atoms with E-state index in [4.69, 9.17) is 4.42 Å². The van der Waals surface area contributed by atoms with E-state index < -0.39 is 0 Å². The van der Waals surface area contributed by atoms with Crippen molar-refractivity contribution in [2.75, 3.05) is 6.54 Å². The molecular formula is C18H20N4O. The maximum absolute atomic E-state index is 5.86. The third kappa shape index (κ3) is 2.92. The Balaban J connectivity index is 1.50. The molecule has 23 heavy (non-hydrogen) atoms. The van der Waals surface area contributed by atoms with Crippen LogP contribution in [0, 0.1) is 6.92 Å². The number of aryl methyl sites for hydroxylation is 1. The molecule has 4 rings (SSSR count). The number of aromatic amines is 1. The number of aromatic nitrogens is 3. The molecule has 5 nitrogen and oxygen atoms in total. The van der Waals surface area contributed by atoms with Gasteiger partial charge in [0.05, 0.1) is 12.6 Å². The molecule has 1 aliphatic heterocycles. The smallest absolute Gasteiger partial charge is 0.247 e. The van der Waals surface area contributed by atoms with Crippen LogP contribution in [-0.2, 0) is 6.54 Å². The van der Waals surface area contributed by atoms with Crippen molar-refractivity contribution in [3.8, 4) is 11.5 Å². The molecule has 3 heterocycles. The van der Waals surface area contributed by atoms with Gasteiger partial charge >= 0.3 is 0 Å². The Morgan fingerprint density at radius 2 is 2.09 bits per heavy atom. The molecule has 3 aromatic rings. The Labute approximate surface area is 135 Å². The van der Waals surface area contributed by atoms with E-state index in [1.807, 2.05) is 24.4 Å². The zero-order valence-corrected chi connectivity index (χ0v) is 13.2. The van der Waals surface area contributed by atoms with Gasteiger partial charge in [-0.2, -0.15) is 0 Å². The maximum Gasteiger partial charge on any atom is 0.247 e. The fourth-order valence-corrected chi connectivity index (χ4v) is 3.22. The van der Waals surface area contributed by atoms with Gasteiger partial charge in [0.25, 0.3) is 0 Å². The first-order valence-corrected chi connectivity index (χ1v) is 8.06. The average molecular weight is 308 g/mol. The van der Waals surface area contributed by atoms with Gasteiger partial charge in [-0.1, -0.05) is 17.7 Å². The van der Waals surface area contributed by atoms with Gasteiger partial charge < -0.3 is 9.40 Å². The number of benzene rings is 1. The fourth-order valence-electron chi connectivity index (χ4n) is 3.22. The zero-order chi connectivity index (χ0) is 15.6. The number of hydrogen-bond acceptors (Lipinski definition) is 4. The van der Waals surface area contributed by atoms with Crippen LogP contribution in [0.5, 0.6) is 0 Å². The van der Waals surface area contributed by atoms with Gasteiger partial charge in [0, 0.05) is 17.5 Å². The minimum Gasteiger partial charge on any atom is -0.419 e. The van der Waals surface area contributed by atoms with Crippen LogP contribution in [0.4, 0.5) is 0 Å². The average Bonchev–Trinajstić information content (AvgIpc) is 3.29. The summed E-state index contributed by atoms with van der Waals surface area (Å²) in [6.45, 7) is 3.83. The third-order valence-electron chi connectivity index (χ3n) is 4.45. The van der Waals surface area contributed by atoms with Crippen LogP contribution in [0.1, 0.15) is 36.0 Å². The first kappa shape index (κ1) is 14.2. The normalized spacial score (nSPS) is 18.6. The molecule has 2 aromatic heterocycles. The molecule has 1 aliphatic rings. The standard InChI is InChI=1S/C18H20N4O/c1-13-6-8-14(9-7-13)18-21-20-17(23-18)12-22-11-3-5-16(22)15-4-2-10-19-15/h2,4,6-10,16,19H,3,5,11-12H2,1H3/t16-/m1/s1. The van der Waals surface area contributed by atoms with Gasteiger partial charge in [-0.15, -0.1) is 10.2 Å². The Hall–Kier alpha value is -2.40. The summed E-state index contributed by atoms with van der Waals surface area (Å²) in [5, 5.41) is 8.42. The van der Waals surface area contributed by atoms with Crippen molar-refractivity contribution in [3.63, 3.8) is 0 Å². The second-order valence-electron chi connectivity index (χ2n) is 6.12. The lowest BCUT2D eigenvalue weighted by Gasteiger charge is -2.21. The predicted octanol–water partition coefficient (Wildman–Crippen LogP) is 3.71. The fraction of sp³-hybridized carbons (Fsp3) is 0.333. The van der Waals surface area contributed by atoms with Crippen molar-refractivity contribution in [2.24, 2.45) is 0 Å². The molecule has 1 aromatic carbocycles. The molecule has 0 radical (unpaired) electrons. The van der Waals surface area contributed by atoms with Gasteiger partial charge in [0.1, 0.15) is 0 Å². The summed E-state index contributed by atoms with van der Waals surface area (Å²) in [6, 6.07) is 12.8. The Morgan fingerprint density at radius 3 is 2.87 bits per heavy atom. The summed E-state index contributed by atoms with van der Waals surface area (Å²) in [7, 11) is 0. The van der Waals surface area contributed by atoms with Crippen LogP contribution >= 0.6 is 0 Å². The first-order chi connectivity index (χ1) is 11.3. The maximum atomic E-state index is 5.86. The molecular weight excluding hydrogens is 288 g/mol. The van der Waals surface area contributed by atoms with Crippen molar-refractivity contribution in [2.45, 2.75) is 32.4 Å². The molecule has 0 bridgehead atoms. The van der Waals surface area contributed by atoms with E-state index in [-0.39, 0.29) is 0 Å². The number of likely N-dealkylation sites (tertiary alicyclic amines) is 1. The Bertz CT molecular complexity index is 761. The second-order valence-corrected chi connectivity index (χ2v) is 6.12. The third-order valence-corrected chi connectivity index (χ3v) is 4.45. The molecule has 0 amide bonds. The number of H-pyrrole nitrogens is 1. The van der Waals surface area contributed by atoms with Crippen molar-refractivity contribution >= 4 is 0 Å². The largest absolute Gasteiger partial charge is 0.419 e. The number of hydrogen-bond donors (Lipinski definition) is 1. The molecule has 118 valence electrons. The van der Waals surface area contributed by atoms with E-state index in [1.165, 1.54) is 24.1 Å². The van der Waals surface area contributed by atoms with E-state index in [0.29, 0.717) is 24.4 Å². The van der Waals surface area contributed by atoms with E-state index in [0.717, 1.165) is 12.1 Å². The highest BCUT2D eigenvalue weighted by atomic mass is 16.4. The summed E-state index contributed by atoms with van der Waals surface area (Å²) in [5.41, 5.74) is 3.46. The van der Waals surface area contributed by atoms with Crippen LogP contribution < -0.4 is 0 Å². The van der Waals surface area contributed by atoms with Crippen molar-refractivity contribution in [1.82, 2.24) is 20.1 Å². The van der Waals surface area contributed by atoms with E-state index in [2.05, 4.69) is 45.2 Å². The molecule has 1 saturated heterocycles. The van der Waals surface area contributed by atoms with Gasteiger partial charge in [-0.05, 0) is 50.6 Å². The van der Waals surface area contributed by atoms with Crippen molar-refractivity contribution in [3.05, 3.63) is 59.7 Å². The minimum atomic E-state index is 0.416. The van der Waals surface area contributed by atoms with Crippen LogP contribution in [0.15, 0.2) is 47.0 Å². The molecule has 0 saturated carbocycles. The second kappa shape index (κ2) is 6.01. The molecule has 1 fully saturated rings. The number of rotatable bonds is 4. The Kier molecular flexibility index (Phi) is 3.71. The lowest BCUT2D eigenvalue weighted by molar-refractivity contribution is 0.221. The monoisotopic (exact) mass is 308 g/mol. The first-order valence-electron chi connectivity index (χ1n) is 8.06. The molecule has 1 N–H and O–H groups in total. The lowest BCUT2D eigenvalue weighted by Crippen LogP contribution is -2.23.